The van der Waals surface area contributed by atoms with Crippen molar-refractivity contribution in [3.63, 3.8) is 0 Å². The zero-order chi connectivity index (χ0) is 12.0. The molecule has 1 aromatic carbocycles. The fourth-order valence-corrected chi connectivity index (χ4v) is 1.66. The fourth-order valence-electron chi connectivity index (χ4n) is 1.66. The van der Waals surface area contributed by atoms with Crippen molar-refractivity contribution in [1.82, 2.24) is 0 Å². The van der Waals surface area contributed by atoms with Crippen LogP contribution in [0.25, 0.3) is 0 Å². The van der Waals surface area contributed by atoms with Gasteiger partial charge in [-0.3, -0.25) is 4.79 Å². The summed E-state index contributed by atoms with van der Waals surface area (Å²) in [7, 11) is 0. The molecule has 0 saturated carbocycles. The van der Waals surface area contributed by atoms with Crippen LogP contribution in [0.1, 0.15) is 49.0 Å². The second-order valence-corrected chi connectivity index (χ2v) is 4.09. The Bertz CT molecular complexity index is 356. The van der Waals surface area contributed by atoms with Crippen LogP contribution in [0.2, 0.25) is 0 Å². The van der Waals surface area contributed by atoms with Crippen LogP contribution >= 0.6 is 0 Å². The molecule has 0 radical (unpaired) electrons. The number of benzene rings is 1. The Morgan fingerprint density at radius 3 is 2.62 bits per heavy atom. The molecule has 2 heteroatoms. The van der Waals surface area contributed by atoms with Gasteiger partial charge in [0.15, 0.2) is 5.78 Å². The topological polar surface area (TPSA) is 26.3 Å². The summed E-state index contributed by atoms with van der Waals surface area (Å²) in [6.07, 6.45) is 3.49. The normalized spacial score (nSPS) is 10.2. The Morgan fingerprint density at radius 2 is 2.06 bits per heavy atom. The molecule has 0 unspecified atom stereocenters. The molecule has 0 amide bonds. The minimum absolute atomic E-state index is 0.107. The lowest BCUT2D eigenvalue weighted by Gasteiger charge is -2.08. The summed E-state index contributed by atoms with van der Waals surface area (Å²) in [5.74, 6) is 0.966. The van der Waals surface area contributed by atoms with Crippen LogP contribution in [0.4, 0.5) is 0 Å². The van der Waals surface area contributed by atoms with Crippen molar-refractivity contribution in [1.29, 1.82) is 0 Å². The highest BCUT2D eigenvalue weighted by Crippen LogP contribution is 2.18. The highest BCUT2D eigenvalue weighted by molar-refractivity contribution is 5.95. The molecule has 0 saturated heterocycles. The maximum Gasteiger partial charge on any atom is 0.160 e. The van der Waals surface area contributed by atoms with Gasteiger partial charge in [-0.2, -0.15) is 0 Å². The monoisotopic (exact) mass is 220 g/mol. The van der Waals surface area contributed by atoms with Crippen LogP contribution in [0, 0.1) is 6.92 Å². The average molecular weight is 220 g/mol. The molecule has 0 bridgehead atoms. The van der Waals surface area contributed by atoms with Gasteiger partial charge in [0, 0.05) is 5.56 Å². The number of ether oxygens (including phenoxy) is 1. The third kappa shape index (κ3) is 3.69. The largest absolute Gasteiger partial charge is 0.494 e. The number of rotatable bonds is 6. The van der Waals surface area contributed by atoms with E-state index in [0.29, 0.717) is 0 Å². The van der Waals surface area contributed by atoms with Gasteiger partial charge in [0.2, 0.25) is 0 Å². The molecular weight excluding hydrogens is 200 g/mol. The molecule has 0 heterocycles. The summed E-state index contributed by atoms with van der Waals surface area (Å²) in [5, 5.41) is 0. The molecule has 0 spiro atoms. The van der Waals surface area contributed by atoms with Crippen molar-refractivity contribution in [2.45, 2.75) is 40.0 Å². The van der Waals surface area contributed by atoms with Crippen LogP contribution < -0.4 is 4.74 Å². The number of aryl methyl sites for hydroxylation is 1. The van der Waals surface area contributed by atoms with Gasteiger partial charge in [0.05, 0.1) is 6.61 Å². The summed E-state index contributed by atoms with van der Waals surface area (Å²) < 4.78 is 5.61. The van der Waals surface area contributed by atoms with Gasteiger partial charge in [-0.15, -0.1) is 0 Å². The zero-order valence-electron chi connectivity index (χ0n) is 10.4. The molecule has 0 aromatic heterocycles. The predicted molar refractivity (Wildman–Crippen MR) is 66.2 cm³/mol. The summed E-state index contributed by atoms with van der Waals surface area (Å²) in [4.78, 5) is 11.2. The molecular formula is C14H20O2. The molecule has 0 aliphatic carbocycles. The molecule has 0 N–H and O–H groups in total. The van der Waals surface area contributed by atoms with Crippen molar-refractivity contribution in [2.24, 2.45) is 0 Å². The Labute approximate surface area is 97.6 Å². The van der Waals surface area contributed by atoms with E-state index in [1.54, 1.807) is 6.92 Å². The number of carbonyl (C=O) groups is 1. The predicted octanol–water partition coefficient (Wildman–Crippen LogP) is 3.77. The second kappa shape index (κ2) is 6.31. The van der Waals surface area contributed by atoms with E-state index in [-0.39, 0.29) is 5.78 Å². The van der Waals surface area contributed by atoms with Gasteiger partial charge in [0.1, 0.15) is 5.75 Å². The van der Waals surface area contributed by atoms with E-state index in [1.165, 1.54) is 12.8 Å². The first kappa shape index (κ1) is 12.8. The highest BCUT2D eigenvalue weighted by Gasteiger charge is 2.04. The van der Waals surface area contributed by atoms with Crippen LogP contribution in [0.5, 0.6) is 5.75 Å². The van der Waals surface area contributed by atoms with Crippen molar-refractivity contribution in [2.75, 3.05) is 6.61 Å². The Kier molecular flexibility index (Phi) is 5.03. The molecule has 0 fully saturated rings. The van der Waals surface area contributed by atoms with E-state index in [1.807, 2.05) is 25.1 Å². The Morgan fingerprint density at radius 1 is 1.31 bits per heavy atom. The summed E-state index contributed by atoms with van der Waals surface area (Å²) in [6.45, 7) is 6.46. The first-order chi connectivity index (χ1) is 7.65. The summed E-state index contributed by atoms with van der Waals surface area (Å²) in [5.41, 5.74) is 1.77. The summed E-state index contributed by atoms with van der Waals surface area (Å²) in [6, 6.07) is 5.64. The van der Waals surface area contributed by atoms with E-state index in [0.717, 1.165) is 29.9 Å². The molecule has 16 heavy (non-hydrogen) atoms. The van der Waals surface area contributed by atoms with E-state index < -0.39 is 0 Å². The first-order valence-corrected chi connectivity index (χ1v) is 5.89. The van der Waals surface area contributed by atoms with Crippen molar-refractivity contribution < 1.29 is 9.53 Å². The average Bonchev–Trinajstić information content (AvgIpc) is 2.24. The van der Waals surface area contributed by atoms with Gasteiger partial charge < -0.3 is 4.74 Å². The van der Waals surface area contributed by atoms with Gasteiger partial charge in [-0.1, -0.05) is 19.8 Å². The Hall–Kier alpha value is -1.31. The van der Waals surface area contributed by atoms with Crippen LogP contribution in [-0.4, -0.2) is 12.4 Å². The quantitative estimate of drug-likeness (QED) is 0.539. The van der Waals surface area contributed by atoms with Crippen LogP contribution in [0.3, 0.4) is 0 Å². The molecule has 1 aromatic rings. The molecule has 0 aliphatic heterocycles. The third-order valence-corrected chi connectivity index (χ3v) is 2.59. The summed E-state index contributed by atoms with van der Waals surface area (Å²) >= 11 is 0. The van der Waals surface area contributed by atoms with Gasteiger partial charge >= 0.3 is 0 Å². The molecule has 2 nitrogen and oxygen atoms in total. The number of Topliss-reactive ketones (excluding diaryl/α,β-unsaturated/α-hetero) is 1. The number of carbonyl (C=O) groups excluding carboxylic acids is 1. The Balaban J connectivity index is 2.56. The van der Waals surface area contributed by atoms with Gasteiger partial charge in [0.25, 0.3) is 0 Å². The standard InChI is InChI=1S/C14H20O2/c1-4-5-6-9-16-13-7-8-14(12(3)15)11(2)10-13/h7-8,10H,4-6,9H2,1-3H3. The number of ketones is 1. The zero-order valence-corrected chi connectivity index (χ0v) is 10.4. The van der Waals surface area contributed by atoms with Crippen molar-refractivity contribution in [3.8, 4) is 5.75 Å². The SMILES string of the molecule is CCCCCOc1ccc(C(C)=O)c(C)c1. The lowest BCUT2D eigenvalue weighted by atomic mass is 10.1. The number of unbranched alkanes of at least 4 members (excludes halogenated alkanes) is 2. The molecule has 1 rings (SSSR count). The molecule has 88 valence electrons. The van der Waals surface area contributed by atoms with Crippen molar-refractivity contribution >= 4 is 5.78 Å². The molecule has 0 aliphatic rings. The minimum atomic E-state index is 0.107. The van der Waals surface area contributed by atoms with Crippen LogP contribution in [-0.2, 0) is 0 Å². The highest BCUT2D eigenvalue weighted by atomic mass is 16.5. The third-order valence-electron chi connectivity index (χ3n) is 2.59. The first-order valence-electron chi connectivity index (χ1n) is 5.89. The smallest absolute Gasteiger partial charge is 0.160 e. The number of hydrogen-bond donors (Lipinski definition) is 0. The van der Waals surface area contributed by atoms with Gasteiger partial charge in [-0.05, 0) is 44.0 Å². The maximum atomic E-state index is 11.2. The fraction of sp³-hybridized carbons (Fsp3) is 0.500. The van der Waals surface area contributed by atoms with E-state index in [9.17, 15) is 4.79 Å². The lowest BCUT2D eigenvalue weighted by molar-refractivity contribution is 0.101. The number of hydrogen-bond acceptors (Lipinski definition) is 2. The minimum Gasteiger partial charge on any atom is -0.494 e. The van der Waals surface area contributed by atoms with Crippen LogP contribution in [0.15, 0.2) is 18.2 Å². The lowest BCUT2D eigenvalue weighted by Crippen LogP contribution is -2.00. The van der Waals surface area contributed by atoms with Gasteiger partial charge in [-0.25, -0.2) is 0 Å². The molecule has 0 atom stereocenters. The van der Waals surface area contributed by atoms with Crippen molar-refractivity contribution in [3.05, 3.63) is 29.3 Å². The maximum absolute atomic E-state index is 11.2. The van der Waals surface area contributed by atoms with E-state index in [4.69, 9.17) is 4.74 Å². The second-order valence-electron chi connectivity index (χ2n) is 4.09. The van der Waals surface area contributed by atoms with E-state index >= 15 is 0 Å². The van der Waals surface area contributed by atoms with E-state index in [2.05, 4.69) is 6.92 Å².